The first-order valence-electron chi connectivity index (χ1n) is 8.67. The smallest absolute Gasteiger partial charge is 0.412 e. The van der Waals surface area contributed by atoms with E-state index in [0.717, 1.165) is 0 Å². The maximum absolute atomic E-state index is 12.5. The zero-order valence-electron chi connectivity index (χ0n) is 15.3. The SMILES string of the molecule is CCO[C@H](CCO)[C@H](OC(=O)Nc1ccc(C#N)cc1)c1cc(Br)ccc1O. The van der Waals surface area contributed by atoms with E-state index in [1.54, 1.807) is 43.3 Å². The highest BCUT2D eigenvalue weighted by molar-refractivity contribution is 9.10. The molecule has 2 atom stereocenters. The molecule has 0 bridgehead atoms. The van der Waals surface area contributed by atoms with Crippen molar-refractivity contribution in [3.63, 3.8) is 0 Å². The van der Waals surface area contributed by atoms with Gasteiger partial charge in [-0.05, 0) is 49.4 Å². The first-order valence-corrected chi connectivity index (χ1v) is 9.46. The van der Waals surface area contributed by atoms with Crippen molar-refractivity contribution < 1.29 is 24.5 Å². The van der Waals surface area contributed by atoms with Crippen molar-refractivity contribution in [1.82, 2.24) is 0 Å². The molecule has 3 N–H and O–H groups in total. The van der Waals surface area contributed by atoms with Crippen molar-refractivity contribution in [1.29, 1.82) is 5.26 Å². The summed E-state index contributed by atoms with van der Waals surface area (Å²) in [5.41, 5.74) is 1.28. The predicted octanol–water partition coefficient (Wildman–Crippen LogP) is 4.10. The van der Waals surface area contributed by atoms with E-state index in [4.69, 9.17) is 14.7 Å². The minimum atomic E-state index is -0.942. The molecule has 0 aliphatic heterocycles. The summed E-state index contributed by atoms with van der Waals surface area (Å²) in [6.07, 6.45) is -2.13. The molecule has 1 amide bonds. The van der Waals surface area contributed by atoms with Gasteiger partial charge in [0.1, 0.15) is 11.9 Å². The standard InChI is InChI=1S/C20H21BrN2O5/c1-2-27-18(9-10-24)19(16-11-14(21)5-8-17(16)25)28-20(26)23-15-6-3-13(12-22)4-7-15/h3-8,11,18-19,24-25H,2,9-10H2,1H3,(H,23,26)/t18-,19-/m1/s1. The summed E-state index contributed by atoms with van der Waals surface area (Å²) < 4.78 is 11.9. The molecule has 0 radical (unpaired) electrons. The molecule has 2 aromatic carbocycles. The van der Waals surface area contributed by atoms with Gasteiger partial charge in [0.2, 0.25) is 0 Å². The Morgan fingerprint density at radius 3 is 2.61 bits per heavy atom. The lowest BCUT2D eigenvalue weighted by atomic mass is 10.0. The molecule has 28 heavy (non-hydrogen) atoms. The third-order valence-corrected chi connectivity index (χ3v) is 4.42. The third kappa shape index (κ3) is 5.96. The lowest BCUT2D eigenvalue weighted by molar-refractivity contribution is -0.0491. The van der Waals surface area contributed by atoms with Gasteiger partial charge in [0, 0.05) is 35.4 Å². The van der Waals surface area contributed by atoms with Gasteiger partial charge in [-0.2, -0.15) is 5.26 Å². The first kappa shape index (κ1) is 21.7. The van der Waals surface area contributed by atoms with Crippen LogP contribution in [0, 0.1) is 11.3 Å². The topological polar surface area (TPSA) is 112 Å². The number of nitriles is 1. The van der Waals surface area contributed by atoms with Gasteiger partial charge in [-0.15, -0.1) is 0 Å². The van der Waals surface area contributed by atoms with Crippen LogP contribution in [0.15, 0.2) is 46.9 Å². The molecule has 8 heteroatoms. The fourth-order valence-electron chi connectivity index (χ4n) is 2.65. The second-order valence-electron chi connectivity index (χ2n) is 5.85. The van der Waals surface area contributed by atoms with Crippen molar-refractivity contribution in [2.24, 2.45) is 0 Å². The van der Waals surface area contributed by atoms with Crippen molar-refractivity contribution in [3.8, 4) is 11.8 Å². The lowest BCUT2D eigenvalue weighted by Crippen LogP contribution is -2.29. The van der Waals surface area contributed by atoms with Crippen LogP contribution in [-0.4, -0.2) is 35.6 Å². The van der Waals surface area contributed by atoms with Gasteiger partial charge in [0.15, 0.2) is 6.10 Å². The Morgan fingerprint density at radius 1 is 1.29 bits per heavy atom. The fourth-order valence-corrected chi connectivity index (χ4v) is 3.03. The molecule has 2 rings (SSSR count). The summed E-state index contributed by atoms with van der Waals surface area (Å²) in [5.74, 6) is -0.0537. The highest BCUT2D eigenvalue weighted by Gasteiger charge is 2.30. The van der Waals surface area contributed by atoms with Gasteiger partial charge in [0.25, 0.3) is 0 Å². The number of benzene rings is 2. The van der Waals surface area contributed by atoms with Crippen molar-refractivity contribution >= 4 is 27.7 Å². The maximum atomic E-state index is 12.5. The molecule has 2 aromatic rings. The number of aliphatic hydroxyl groups is 1. The Labute approximate surface area is 171 Å². The van der Waals surface area contributed by atoms with E-state index in [-0.39, 0.29) is 18.8 Å². The van der Waals surface area contributed by atoms with Crippen LogP contribution < -0.4 is 5.32 Å². The van der Waals surface area contributed by atoms with Gasteiger partial charge in [-0.3, -0.25) is 5.32 Å². The number of carbonyl (C=O) groups is 1. The first-order chi connectivity index (χ1) is 13.5. The van der Waals surface area contributed by atoms with Crippen LogP contribution in [-0.2, 0) is 9.47 Å². The number of aromatic hydroxyl groups is 1. The predicted molar refractivity (Wildman–Crippen MR) is 107 cm³/mol. The van der Waals surface area contributed by atoms with Crippen LogP contribution in [0.1, 0.15) is 30.6 Å². The van der Waals surface area contributed by atoms with Crippen LogP contribution in [0.5, 0.6) is 5.75 Å². The Kier molecular flexibility index (Phi) is 8.26. The monoisotopic (exact) mass is 448 g/mol. The van der Waals surface area contributed by atoms with Gasteiger partial charge < -0.3 is 19.7 Å². The Balaban J connectivity index is 2.25. The number of carbonyl (C=O) groups excluding carboxylic acids is 1. The summed E-state index contributed by atoms with van der Waals surface area (Å²) >= 11 is 3.34. The number of ether oxygens (including phenoxy) is 2. The number of nitrogens with zero attached hydrogens (tertiary/aromatic N) is 1. The number of phenols is 1. The number of hydrogen-bond donors (Lipinski definition) is 3. The molecule has 0 saturated carbocycles. The number of hydrogen-bond acceptors (Lipinski definition) is 6. The van der Waals surface area contributed by atoms with Gasteiger partial charge in [0.05, 0.1) is 11.6 Å². The molecular weight excluding hydrogens is 428 g/mol. The minimum absolute atomic E-state index is 0.0537. The number of halogens is 1. The van der Waals surface area contributed by atoms with Crippen LogP contribution in [0.3, 0.4) is 0 Å². The number of anilines is 1. The van der Waals surface area contributed by atoms with E-state index in [1.807, 2.05) is 6.07 Å². The Morgan fingerprint density at radius 2 is 2.00 bits per heavy atom. The average molecular weight is 449 g/mol. The number of aliphatic hydroxyl groups excluding tert-OH is 1. The summed E-state index contributed by atoms with van der Waals surface area (Å²) in [6.45, 7) is 1.96. The van der Waals surface area contributed by atoms with Crippen molar-refractivity contribution in [2.45, 2.75) is 25.6 Å². The molecule has 148 valence electrons. The Bertz CT molecular complexity index is 829. The quantitative estimate of drug-likeness (QED) is 0.560. The second-order valence-corrected chi connectivity index (χ2v) is 6.76. The summed E-state index contributed by atoms with van der Waals surface area (Å²) in [5, 5.41) is 31.1. The fraction of sp³-hybridized carbons (Fsp3) is 0.300. The van der Waals surface area contributed by atoms with E-state index in [1.165, 1.54) is 6.07 Å². The third-order valence-electron chi connectivity index (χ3n) is 3.92. The normalized spacial score (nSPS) is 12.6. The van der Waals surface area contributed by atoms with E-state index in [2.05, 4.69) is 21.2 Å². The van der Waals surface area contributed by atoms with Crippen molar-refractivity contribution in [2.75, 3.05) is 18.5 Å². The van der Waals surface area contributed by atoms with Crippen LogP contribution in [0.25, 0.3) is 0 Å². The average Bonchev–Trinajstić information content (AvgIpc) is 2.68. The summed E-state index contributed by atoms with van der Waals surface area (Å²) in [4.78, 5) is 12.5. The molecular formula is C20H21BrN2O5. The van der Waals surface area contributed by atoms with Crippen LogP contribution in [0.4, 0.5) is 10.5 Å². The molecule has 0 saturated heterocycles. The number of nitrogens with one attached hydrogen (secondary N) is 1. The van der Waals surface area contributed by atoms with Gasteiger partial charge in [-0.1, -0.05) is 15.9 Å². The molecule has 0 spiro atoms. The van der Waals surface area contributed by atoms with E-state index >= 15 is 0 Å². The Hall–Kier alpha value is -2.60. The van der Waals surface area contributed by atoms with Gasteiger partial charge >= 0.3 is 6.09 Å². The molecule has 0 aliphatic rings. The number of amides is 1. The highest BCUT2D eigenvalue weighted by Crippen LogP contribution is 2.34. The number of phenolic OH excluding ortho intramolecular Hbond substituents is 1. The molecule has 0 unspecified atom stereocenters. The lowest BCUT2D eigenvalue weighted by Gasteiger charge is -2.27. The molecule has 0 aromatic heterocycles. The number of rotatable bonds is 8. The van der Waals surface area contributed by atoms with E-state index in [9.17, 15) is 15.0 Å². The summed E-state index contributed by atoms with van der Waals surface area (Å²) in [6, 6.07) is 13.1. The highest BCUT2D eigenvalue weighted by atomic mass is 79.9. The second kappa shape index (κ2) is 10.7. The zero-order valence-corrected chi connectivity index (χ0v) is 16.8. The molecule has 0 aliphatic carbocycles. The largest absolute Gasteiger partial charge is 0.508 e. The minimum Gasteiger partial charge on any atom is -0.508 e. The zero-order chi connectivity index (χ0) is 20.5. The maximum Gasteiger partial charge on any atom is 0.412 e. The molecule has 0 heterocycles. The van der Waals surface area contributed by atoms with Crippen LogP contribution in [0.2, 0.25) is 0 Å². The van der Waals surface area contributed by atoms with Crippen LogP contribution >= 0.6 is 15.9 Å². The van der Waals surface area contributed by atoms with E-state index in [0.29, 0.717) is 27.9 Å². The van der Waals surface area contributed by atoms with E-state index < -0.39 is 18.3 Å². The molecule has 7 nitrogen and oxygen atoms in total. The van der Waals surface area contributed by atoms with Crippen molar-refractivity contribution in [3.05, 3.63) is 58.1 Å². The molecule has 0 fully saturated rings. The summed E-state index contributed by atoms with van der Waals surface area (Å²) in [7, 11) is 0. The van der Waals surface area contributed by atoms with Gasteiger partial charge in [-0.25, -0.2) is 4.79 Å².